The number of hydrogen-bond donors (Lipinski definition) is 2. The van der Waals surface area contributed by atoms with Crippen molar-refractivity contribution in [1.82, 2.24) is 5.32 Å². The highest BCUT2D eigenvalue weighted by molar-refractivity contribution is 6.04. The van der Waals surface area contributed by atoms with E-state index in [0.717, 1.165) is 74.7 Å². The molecule has 6 nitrogen and oxygen atoms in total. The summed E-state index contributed by atoms with van der Waals surface area (Å²) in [7, 11) is 0. The molecule has 0 aliphatic heterocycles. The second-order valence-corrected chi connectivity index (χ2v) is 18.8. The number of amides is 1. The van der Waals surface area contributed by atoms with E-state index in [2.05, 4.69) is 59.9 Å². The van der Waals surface area contributed by atoms with Crippen molar-refractivity contribution in [3.05, 3.63) is 77.3 Å². The van der Waals surface area contributed by atoms with Crippen molar-refractivity contribution in [2.75, 3.05) is 0 Å². The van der Waals surface area contributed by atoms with Gasteiger partial charge in [-0.3, -0.25) is 9.59 Å². The Morgan fingerprint density at radius 1 is 0.940 bits per heavy atom. The van der Waals surface area contributed by atoms with Gasteiger partial charge in [-0.1, -0.05) is 90.4 Å². The number of allylic oxidation sites excluding steroid dienone is 3. The molecule has 1 aromatic carbocycles. The summed E-state index contributed by atoms with van der Waals surface area (Å²) in [6.07, 6.45) is 14.5. The third-order valence-electron chi connectivity index (χ3n) is 15.4. The van der Waals surface area contributed by atoms with Crippen molar-refractivity contribution in [1.29, 1.82) is 0 Å². The lowest BCUT2D eigenvalue weighted by atomic mass is 9.33. The Bertz CT molecular complexity index is 1730. The van der Waals surface area contributed by atoms with E-state index in [1.807, 2.05) is 48.5 Å². The molecule has 5 aliphatic carbocycles. The number of nitrogens with one attached hydrogen (secondary N) is 1. The molecule has 5 aliphatic rings. The van der Waals surface area contributed by atoms with Crippen molar-refractivity contribution in [3.8, 4) is 0 Å². The lowest BCUT2D eigenvalue weighted by Crippen LogP contribution is -2.65. The van der Waals surface area contributed by atoms with Crippen molar-refractivity contribution in [2.45, 2.75) is 119 Å². The summed E-state index contributed by atoms with van der Waals surface area (Å²) in [4.78, 5) is 41.2. The average Bonchev–Trinajstić information content (AvgIpc) is 3.57. The van der Waals surface area contributed by atoms with Crippen LogP contribution in [0.1, 0.15) is 118 Å². The number of carbonyl (C=O) groups excluding carboxylic acids is 2. The van der Waals surface area contributed by atoms with Gasteiger partial charge in [0.05, 0.1) is 11.7 Å². The molecule has 4 saturated carbocycles. The predicted octanol–water partition coefficient (Wildman–Crippen LogP) is 9.46. The summed E-state index contributed by atoms with van der Waals surface area (Å²) in [5.41, 5.74) is 2.06. The van der Waals surface area contributed by atoms with Gasteiger partial charge in [-0.25, -0.2) is 4.79 Å². The van der Waals surface area contributed by atoms with Crippen LogP contribution in [0.4, 0.5) is 0 Å². The van der Waals surface area contributed by atoms with Crippen LogP contribution in [0.2, 0.25) is 0 Å². The summed E-state index contributed by atoms with van der Waals surface area (Å²) in [6, 6.07) is 12.4. The molecule has 0 bridgehead atoms. The van der Waals surface area contributed by atoms with Crippen molar-refractivity contribution < 1.29 is 23.9 Å². The zero-order valence-electron chi connectivity index (χ0n) is 31.2. The van der Waals surface area contributed by atoms with Crippen LogP contribution in [0.25, 0.3) is 6.08 Å². The van der Waals surface area contributed by atoms with Crippen LogP contribution >= 0.6 is 0 Å². The molecule has 0 unspecified atom stereocenters. The van der Waals surface area contributed by atoms with Gasteiger partial charge in [0, 0.05) is 11.8 Å². The molecule has 0 spiro atoms. The van der Waals surface area contributed by atoms with E-state index in [1.165, 1.54) is 5.57 Å². The Balaban J connectivity index is 1.25. The number of rotatable bonds is 6. The summed E-state index contributed by atoms with van der Waals surface area (Å²) < 4.78 is 5.69. The summed E-state index contributed by atoms with van der Waals surface area (Å²) in [5, 5.41) is 13.3. The second kappa shape index (κ2) is 11.8. The zero-order valence-corrected chi connectivity index (χ0v) is 31.2. The molecule has 1 amide bonds. The number of aliphatic carboxylic acids is 1. The van der Waals surface area contributed by atoms with E-state index in [4.69, 9.17) is 4.42 Å². The fourth-order valence-electron chi connectivity index (χ4n) is 12.5. The van der Waals surface area contributed by atoms with Gasteiger partial charge in [-0.15, -0.1) is 0 Å². The lowest BCUT2D eigenvalue weighted by molar-refractivity contribution is -0.180. The number of furan rings is 1. The molecule has 0 saturated heterocycles. The first kappa shape index (κ1) is 35.0. The van der Waals surface area contributed by atoms with Crippen LogP contribution in [-0.2, 0) is 20.8 Å². The minimum atomic E-state index is -0.987. The summed E-state index contributed by atoms with van der Waals surface area (Å²) in [5.74, 6) is 0.660. The number of carboxylic acid groups (broad SMARTS) is 1. The van der Waals surface area contributed by atoms with Crippen molar-refractivity contribution >= 4 is 23.7 Å². The van der Waals surface area contributed by atoms with E-state index in [0.29, 0.717) is 5.92 Å². The molecule has 2 aromatic rings. The van der Waals surface area contributed by atoms with E-state index in [-0.39, 0.29) is 51.6 Å². The highest BCUT2D eigenvalue weighted by Crippen LogP contribution is 2.75. The van der Waals surface area contributed by atoms with Crippen LogP contribution in [0, 0.1) is 50.2 Å². The molecule has 50 heavy (non-hydrogen) atoms. The van der Waals surface area contributed by atoms with Gasteiger partial charge in [0.15, 0.2) is 5.78 Å². The van der Waals surface area contributed by atoms with E-state index < -0.39 is 22.8 Å². The van der Waals surface area contributed by atoms with Gasteiger partial charge in [0.2, 0.25) is 5.91 Å². The van der Waals surface area contributed by atoms with Crippen molar-refractivity contribution in [3.63, 3.8) is 0 Å². The number of ketones is 1. The van der Waals surface area contributed by atoms with Crippen LogP contribution in [0.5, 0.6) is 0 Å². The van der Waals surface area contributed by atoms with E-state index >= 15 is 0 Å². The molecule has 0 radical (unpaired) electrons. The van der Waals surface area contributed by atoms with Gasteiger partial charge in [0.25, 0.3) is 0 Å². The van der Waals surface area contributed by atoms with Gasteiger partial charge in [-0.2, -0.15) is 0 Å². The van der Waals surface area contributed by atoms with Gasteiger partial charge in [0.1, 0.15) is 11.8 Å². The molecule has 2 N–H and O–H groups in total. The van der Waals surface area contributed by atoms with E-state index in [1.54, 1.807) is 6.26 Å². The maximum absolute atomic E-state index is 14.7. The second-order valence-electron chi connectivity index (χ2n) is 18.8. The number of benzene rings is 1. The molecule has 6 heteroatoms. The highest BCUT2D eigenvalue weighted by Gasteiger charge is 2.69. The molecule has 1 heterocycles. The number of carbonyl (C=O) groups is 3. The molecular weight excluding hydrogens is 622 g/mol. The third-order valence-corrected chi connectivity index (χ3v) is 15.4. The Labute approximate surface area is 298 Å². The van der Waals surface area contributed by atoms with Gasteiger partial charge in [-0.05, 0) is 127 Å². The topological polar surface area (TPSA) is 96.6 Å². The average molecular weight is 680 g/mol. The van der Waals surface area contributed by atoms with Crippen LogP contribution < -0.4 is 5.32 Å². The minimum Gasteiger partial charge on any atom is -0.480 e. The molecular formula is C44H57NO5. The number of hydrogen-bond acceptors (Lipinski definition) is 4. The minimum absolute atomic E-state index is 0.00424. The molecule has 268 valence electrons. The van der Waals surface area contributed by atoms with Crippen LogP contribution in [0.3, 0.4) is 0 Å². The first-order chi connectivity index (χ1) is 23.5. The lowest BCUT2D eigenvalue weighted by Gasteiger charge is -2.70. The first-order valence-corrected chi connectivity index (χ1v) is 19.0. The fraction of sp³-hybridized carbons (Fsp3) is 0.614. The van der Waals surface area contributed by atoms with Crippen LogP contribution in [-0.4, -0.2) is 28.8 Å². The third kappa shape index (κ3) is 5.20. The normalized spacial score (nSPS) is 38.5. The largest absolute Gasteiger partial charge is 0.480 e. The molecule has 4 fully saturated rings. The highest BCUT2D eigenvalue weighted by atomic mass is 16.4. The van der Waals surface area contributed by atoms with Crippen molar-refractivity contribution in [2.24, 2.45) is 50.2 Å². The zero-order chi connectivity index (χ0) is 35.9. The Hall–Kier alpha value is -3.41. The standard InChI is InChI=1S/C44H57NO5/c1-39(2)19-21-44(38(49)45-33(37(47)48)24-28-12-9-8-10-13-28)22-20-42(6)31(32(44)27-39)15-16-35-41(5)26-29(25-30-14-11-23-50-30)36(46)40(3,4)34(41)17-18-43(35,42)7/h8-15,23,25,32-35H,16-22,24,26-27H2,1-7H3,(H,45,49)(H,47,48)/b29-25-/t32-,33-,34-,35+,41-,42+,43+,44-/m0/s1. The number of carboxylic acids is 1. The van der Waals surface area contributed by atoms with Crippen LogP contribution in [0.15, 0.2) is 70.4 Å². The Morgan fingerprint density at radius 3 is 2.34 bits per heavy atom. The molecule has 8 atom stereocenters. The maximum atomic E-state index is 14.7. The monoisotopic (exact) mass is 679 g/mol. The Kier molecular flexibility index (Phi) is 8.27. The van der Waals surface area contributed by atoms with Gasteiger partial charge < -0.3 is 14.8 Å². The molecule has 1 aromatic heterocycles. The Morgan fingerprint density at radius 2 is 1.66 bits per heavy atom. The smallest absolute Gasteiger partial charge is 0.326 e. The number of fused-ring (bicyclic) bond motifs is 7. The first-order valence-electron chi connectivity index (χ1n) is 19.0. The number of Topliss-reactive ketones (excluding diaryl/α,β-unsaturated/α-hetero) is 1. The summed E-state index contributed by atoms with van der Waals surface area (Å²) >= 11 is 0. The molecule has 7 rings (SSSR count). The fourth-order valence-corrected chi connectivity index (χ4v) is 12.5. The summed E-state index contributed by atoms with van der Waals surface area (Å²) in [6.45, 7) is 16.5. The maximum Gasteiger partial charge on any atom is 0.326 e. The van der Waals surface area contributed by atoms with E-state index in [9.17, 15) is 19.5 Å². The SMILES string of the molecule is CC1(C)CC[C@]2(C(=O)N[C@@H](Cc3ccccc3)C(=O)O)CC[C@]3(C)C(=CC[C@@H]4[C@@]5(C)C/C(=C/c6ccco6)C(=O)C(C)(C)[C@@H]5CC[C@]43C)[C@@H]2C1. The predicted molar refractivity (Wildman–Crippen MR) is 196 cm³/mol. The quantitative estimate of drug-likeness (QED) is 0.234. The van der Waals surface area contributed by atoms with Gasteiger partial charge >= 0.3 is 5.97 Å².